The van der Waals surface area contributed by atoms with Crippen LogP contribution in [-0.2, 0) is 13.3 Å². The first-order valence-corrected chi connectivity index (χ1v) is 7.58. The van der Waals surface area contributed by atoms with Crippen LogP contribution in [0.15, 0.2) is 12.2 Å². The van der Waals surface area contributed by atoms with E-state index >= 15 is 0 Å². The minimum Gasteiger partial charge on any atom is -0.376 e. The smallest absolute Gasteiger partial charge is 0.376 e. The first-order chi connectivity index (χ1) is 7.74. The topological polar surface area (TPSA) is 30.9 Å². The van der Waals surface area contributed by atoms with Gasteiger partial charge >= 0.3 is 8.80 Å². The molecule has 5 heteroatoms. The summed E-state index contributed by atoms with van der Waals surface area (Å²) in [6, 6.07) is 0. The predicted octanol–water partition coefficient (Wildman–Crippen LogP) is 1.44. The van der Waals surface area contributed by atoms with Crippen LogP contribution in [-0.4, -0.2) is 53.8 Å². The molecule has 1 unspecified atom stereocenters. The standard InChI is InChI=1S/C11H23NO3Si/c1-5-8-11(12-9-6-7-10-12)16(13-2,14-3)15-4/h6-7,11H,5,8-10H2,1-4H3. The summed E-state index contributed by atoms with van der Waals surface area (Å²) in [7, 11) is 2.51. The summed E-state index contributed by atoms with van der Waals surface area (Å²) < 4.78 is 16.8. The Kier molecular flexibility index (Phi) is 5.64. The van der Waals surface area contributed by atoms with Gasteiger partial charge in [-0.3, -0.25) is 4.90 Å². The van der Waals surface area contributed by atoms with Gasteiger partial charge in [-0.1, -0.05) is 25.5 Å². The summed E-state index contributed by atoms with van der Waals surface area (Å²) in [6.45, 7) is 4.11. The Balaban J connectivity index is 2.80. The van der Waals surface area contributed by atoms with Crippen molar-refractivity contribution >= 4 is 8.80 Å². The molecule has 0 saturated heterocycles. The van der Waals surface area contributed by atoms with Crippen molar-refractivity contribution in [1.82, 2.24) is 4.90 Å². The van der Waals surface area contributed by atoms with Crippen molar-refractivity contribution in [2.24, 2.45) is 0 Å². The molecular formula is C11H23NO3Si. The maximum Gasteiger partial charge on any atom is 0.518 e. The molecule has 94 valence electrons. The van der Waals surface area contributed by atoms with Crippen molar-refractivity contribution in [2.45, 2.75) is 25.4 Å². The summed E-state index contributed by atoms with van der Waals surface area (Å²) in [6.07, 6.45) is 6.51. The highest BCUT2D eigenvalue weighted by Gasteiger charge is 2.49. The number of hydrogen-bond acceptors (Lipinski definition) is 4. The summed E-state index contributed by atoms with van der Waals surface area (Å²) in [5.41, 5.74) is 0.257. The van der Waals surface area contributed by atoms with Crippen LogP contribution in [0.25, 0.3) is 0 Å². The summed E-state index contributed by atoms with van der Waals surface area (Å²) >= 11 is 0. The molecule has 0 aromatic carbocycles. The van der Waals surface area contributed by atoms with Gasteiger partial charge in [0, 0.05) is 34.4 Å². The summed E-state index contributed by atoms with van der Waals surface area (Å²) in [5.74, 6) is 0. The van der Waals surface area contributed by atoms with Crippen LogP contribution in [0, 0.1) is 0 Å². The van der Waals surface area contributed by atoms with Crippen LogP contribution < -0.4 is 0 Å². The van der Waals surface area contributed by atoms with Gasteiger partial charge in [0.15, 0.2) is 0 Å². The van der Waals surface area contributed by atoms with Gasteiger partial charge in [-0.15, -0.1) is 0 Å². The maximum absolute atomic E-state index is 5.59. The average Bonchev–Trinajstić information content (AvgIpc) is 2.84. The number of rotatable bonds is 7. The number of hydrogen-bond donors (Lipinski definition) is 0. The van der Waals surface area contributed by atoms with Gasteiger partial charge < -0.3 is 13.3 Å². The largest absolute Gasteiger partial charge is 0.518 e. The van der Waals surface area contributed by atoms with E-state index in [4.69, 9.17) is 13.3 Å². The first kappa shape index (κ1) is 13.9. The highest BCUT2D eigenvalue weighted by atomic mass is 28.4. The Morgan fingerprint density at radius 2 is 1.62 bits per heavy atom. The van der Waals surface area contributed by atoms with Crippen molar-refractivity contribution in [3.63, 3.8) is 0 Å². The maximum atomic E-state index is 5.59. The van der Waals surface area contributed by atoms with Crippen molar-refractivity contribution in [3.8, 4) is 0 Å². The lowest BCUT2D eigenvalue weighted by Crippen LogP contribution is -2.61. The normalized spacial score (nSPS) is 19.2. The second kappa shape index (κ2) is 6.51. The molecule has 0 aromatic heterocycles. The molecule has 1 rings (SSSR count). The molecule has 0 N–H and O–H groups in total. The zero-order valence-electron chi connectivity index (χ0n) is 10.7. The van der Waals surface area contributed by atoms with Crippen LogP contribution >= 0.6 is 0 Å². The van der Waals surface area contributed by atoms with E-state index in [1.807, 2.05) is 0 Å². The van der Waals surface area contributed by atoms with E-state index < -0.39 is 8.80 Å². The van der Waals surface area contributed by atoms with Gasteiger partial charge in [-0.25, -0.2) is 0 Å². The third kappa shape index (κ3) is 2.72. The molecule has 0 fully saturated rings. The summed E-state index contributed by atoms with van der Waals surface area (Å²) in [4.78, 5) is 2.37. The fourth-order valence-electron chi connectivity index (χ4n) is 2.26. The Morgan fingerprint density at radius 3 is 2.00 bits per heavy atom. The molecule has 1 aliphatic heterocycles. The molecule has 1 atom stereocenters. The molecule has 0 radical (unpaired) electrons. The van der Waals surface area contributed by atoms with Crippen molar-refractivity contribution in [2.75, 3.05) is 34.4 Å². The molecule has 0 bridgehead atoms. The minimum absolute atomic E-state index is 0.257. The predicted molar refractivity (Wildman–Crippen MR) is 66.2 cm³/mol. The lowest BCUT2D eigenvalue weighted by molar-refractivity contribution is 0.0794. The van der Waals surface area contributed by atoms with E-state index in [2.05, 4.69) is 24.0 Å². The van der Waals surface area contributed by atoms with E-state index in [-0.39, 0.29) is 5.67 Å². The first-order valence-electron chi connectivity index (χ1n) is 5.78. The fourth-order valence-corrected chi connectivity index (χ4v) is 4.88. The average molecular weight is 245 g/mol. The van der Waals surface area contributed by atoms with Crippen molar-refractivity contribution < 1.29 is 13.3 Å². The highest BCUT2D eigenvalue weighted by Crippen LogP contribution is 2.23. The zero-order chi connectivity index (χ0) is 12.0. The van der Waals surface area contributed by atoms with Gasteiger partial charge in [0.25, 0.3) is 0 Å². The quantitative estimate of drug-likeness (QED) is 0.502. The van der Waals surface area contributed by atoms with Gasteiger partial charge in [0.05, 0.1) is 5.67 Å². The van der Waals surface area contributed by atoms with E-state index in [1.165, 1.54) is 0 Å². The lowest BCUT2D eigenvalue weighted by Gasteiger charge is -2.37. The van der Waals surface area contributed by atoms with Crippen molar-refractivity contribution in [3.05, 3.63) is 12.2 Å². The molecule has 1 aliphatic rings. The van der Waals surface area contributed by atoms with Crippen LogP contribution in [0.4, 0.5) is 0 Å². The number of nitrogens with zero attached hydrogens (tertiary/aromatic N) is 1. The molecule has 0 amide bonds. The molecule has 0 saturated carbocycles. The molecular weight excluding hydrogens is 222 g/mol. The van der Waals surface area contributed by atoms with Crippen LogP contribution in [0.2, 0.25) is 0 Å². The third-order valence-electron chi connectivity index (χ3n) is 3.11. The Bertz CT molecular complexity index is 215. The molecule has 0 aromatic rings. The minimum atomic E-state index is -2.55. The van der Waals surface area contributed by atoms with Gasteiger partial charge in [-0.2, -0.15) is 0 Å². The van der Waals surface area contributed by atoms with Crippen molar-refractivity contribution in [1.29, 1.82) is 0 Å². The second-order valence-corrected chi connectivity index (χ2v) is 7.04. The van der Waals surface area contributed by atoms with E-state index in [0.29, 0.717) is 0 Å². The van der Waals surface area contributed by atoms with E-state index in [1.54, 1.807) is 21.3 Å². The van der Waals surface area contributed by atoms with Gasteiger partial charge in [0.1, 0.15) is 0 Å². The van der Waals surface area contributed by atoms with E-state index in [0.717, 1.165) is 25.9 Å². The molecule has 0 aliphatic carbocycles. The van der Waals surface area contributed by atoms with Gasteiger partial charge in [-0.05, 0) is 6.42 Å². The second-order valence-electron chi connectivity index (χ2n) is 3.95. The van der Waals surface area contributed by atoms with Gasteiger partial charge in [0.2, 0.25) is 0 Å². The Labute approximate surface area is 99.5 Å². The Morgan fingerprint density at radius 1 is 1.12 bits per heavy atom. The van der Waals surface area contributed by atoms with Crippen LogP contribution in [0.3, 0.4) is 0 Å². The molecule has 0 spiro atoms. The fraction of sp³-hybridized carbons (Fsp3) is 0.818. The zero-order valence-corrected chi connectivity index (χ0v) is 11.7. The van der Waals surface area contributed by atoms with Crippen LogP contribution in [0.1, 0.15) is 19.8 Å². The molecule has 16 heavy (non-hydrogen) atoms. The summed E-state index contributed by atoms with van der Waals surface area (Å²) in [5, 5.41) is 0. The SMILES string of the molecule is CCCC(N1CC=CC1)[Si](OC)(OC)OC. The van der Waals surface area contributed by atoms with Crippen LogP contribution in [0.5, 0.6) is 0 Å². The molecule has 1 heterocycles. The third-order valence-corrected chi connectivity index (χ3v) is 6.29. The molecule has 4 nitrogen and oxygen atoms in total. The van der Waals surface area contributed by atoms with E-state index in [9.17, 15) is 0 Å². The monoisotopic (exact) mass is 245 g/mol. The lowest BCUT2D eigenvalue weighted by atomic mass is 10.3. The Hall–Kier alpha value is -0.203. The highest BCUT2D eigenvalue weighted by molar-refractivity contribution is 6.62.